The number of rotatable bonds is 6. The maximum Gasteiger partial charge on any atom is 0.122 e. The van der Waals surface area contributed by atoms with Gasteiger partial charge in [0.1, 0.15) is 11.5 Å². The highest BCUT2D eigenvalue weighted by molar-refractivity contribution is 5.55. The predicted molar refractivity (Wildman–Crippen MR) is 141 cm³/mol. The minimum absolute atomic E-state index is 0.0849. The molecule has 1 aliphatic rings. The molecule has 3 rings (SSSR count). The average Bonchev–Trinajstić information content (AvgIpc) is 3.00. The van der Waals surface area contributed by atoms with Gasteiger partial charge in [-0.1, -0.05) is 105 Å². The number of phenols is 2. The zero-order valence-corrected chi connectivity index (χ0v) is 22.3. The molecule has 0 amide bonds. The Morgan fingerprint density at radius 3 is 1.03 bits per heavy atom. The van der Waals surface area contributed by atoms with Gasteiger partial charge in [-0.2, -0.15) is 0 Å². The molecule has 0 radical (unpaired) electrons. The molecular weight excluding hydrogens is 404 g/mol. The van der Waals surface area contributed by atoms with Crippen LogP contribution in [0, 0.1) is 0 Å². The van der Waals surface area contributed by atoms with E-state index in [1.54, 1.807) is 0 Å². The molecule has 1 aliphatic carbocycles. The van der Waals surface area contributed by atoms with Crippen LogP contribution >= 0.6 is 0 Å². The molecule has 2 N–H and O–H groups in total. The SMILES string of the molecule is CC(C)c1cc(C2(c3cc(C(C)C)c(O)c(C(C)C)c3)CCCCCC2)cc(C(C)C)c1O. The van der Waals surface area contributed by atoms with Crippen LogP contribution in [0.2, 0.25) is 0 Å². The first-order valence-corrected chi connectivity index (χ1v) is 13.2. The van der Waals surface area contributed by atoms with Crippen LogP contribution in [0.15, 0.2) is 24.3 Å². The summed E-state index contributed by atoms with van der Waals surface area (Å²) in [6.45, 7) is 17.4. The lowest BCUT2D eigenvalue weighted by Crippen LogP contribution is -2.28. The van der Waals surface area contributed by atoms with Gasteiger partial charge in [0.05, 0.1) is 0 Å². The van der Waals surface area contributed by atoms with E-state index in [0.717, 1.165) is 35.1 Å². The van der Waals surface area contributed by atoms with Crippen molar-refractivity contribution < 1.29 is 10.2 Å². The second-order valence-electron chi connectivity index (χ2n) is 11.6. The number of aromatic hydroxyl groups is 2. The average molecular weight is 451 g/mol. The van der Waals surface area contributed by atoms with Gasteiger partial charge in [-0.15, -0.1) is 0 Å². The Hall–Kier alpha value is -1.96. The van der Waals surface area contributed by atoms with Gasteiger partial charge in [0.25, 0.3) is 0 Å². The largest absolute Gasteiger partial charge is 0.507 e. The topological polar surface area (TPSA) is 40.5 Å². The van der Waals surface area contributed by atoms with E-state index >= 15 is 0 Å². The fourth-order valence-electron chi connectivity index (χ4n) is 5.75. The standard InChI is InChI=1S/C31H46O2/c1-19(2)25-15-23(16-26(20(3)4)29(25)32)31(13-11-9-10-12-14-31)24-17-27(21(5)6)30(33)28(18-24)22(7)8/h15-22,32-33H,9-14H2,1-8H3. The van der Waals surface area contributed by atoms with E-state index in [1.165, 1.54) is 36.8 Å². The fourth-order valence-corrected chi connectivity index (χ4v) is 5.75. The number of benzene rings is 2. The minimum Gasteiger partial charge on any atom is -0.507 e. The lowest BCUT2D eigenvalue weighted by Gasteiger charge is -2.37. The summed E-state index contributed by atoms with van der Waals surface area (Å²) >= 11 is 0. The highest BCUT2D eigenvalue weighted by atomic mass is 16.3. The lowest BCUT2D eigenvalue weighted by molar-refractivity contribution is 0.428. The lowest BCUT2D eigenvalue weighted by atomic mass is 9.67. The van der Waals surface area contributed by atoms with Crippen molar-refractivity contribution in [2.75, 3.05) is 0 Å². The monoisotopic (exact) mass is 450 g/mol. The quantitative estimate of drug-likeness (QED) is 0.430. The van der Waals surface area contributed by atoms with Gasteiger partial charge in [0, 0.05) is 5.41 Å². The molecule has 0 bridgehead atoms. The first-order valence-electron chi connectivity index (χ1n) is 13.2. The maximum absolute atomic E-state index is 11.1. The molecule has 1 fully saturated rings. The molecule has 2 heteroatoms. The predicted octanol–water partition coefficient (Wildman–Crippen LogP) is 9.23. The van der Waals surface area contributed by atoms with E-state index in [2.05, 4.69) is 79.7 Å². The molecule has 0 aliphatic heterocycles. The van der Waals surface area contributed by atoms with Crippen molar-refractivity contribution in [2.45, 2.75) is 123 Å². The normalized spacial score (nSPS) is 16.7. The number of phenolic OH excluding ortho intramolecular Hbond substituents is 2. The van der Waals surface area contributed by atoms with E-state index in [1.807, 2.05) is 0 Å². The molecule has 0 heterocycles. The van der Waals surface area contributed by atoms with Crippen LogP contribution in [0.3, 0.4) is 0 Å². The Balaban J connectivity index is 2.37. The first-order chi connectivity index (χ1) is 15.5. The van der Waals surface area contributed by atoms with Crippen molar-refractivity contribution >= 4 is 0 Å². The third-order valence-electron chi connectivity index (χ3n) is 7.89. The van der Waals surface area contributed by atoms with E-state index in [9.17, 15) is 10.2 Å². The second kappa shape index (κ2) is 10.1. The molecule has 1 saturated carbocycles. The van der Waals surface area contributed by atoms with Crippen LogP contribution in [0.25, 0.3) is 0 Å². The van der Waals surface area contributed by atoms with Crippen LogP contribution in [-0.2, 0) is 5.41 Å². The molecule has 0 saturated heterocycles. The zero-order chi connectivity index (χ0) is 24.5. The number of hydrogen-bond donors (Lipinski definition) is 2. The Bertz CT molecular complexity index is 827. The smallest absolute Gasteiger partial charge is 0.122 e. The van der Waals surface area contributed by atoms with Crippen molar-refractivity contribution in [1.82, 2.24) is 0 Å². The third kappa shape index (κ3) is 4.96. The van der Waals surface area contributed by atoms with E-state index in [4.69, 9.17) is 0 Å². The Kier molecular flexibility index (Phi) is 7.87. The van der Waals surface area contributed by atoms with Gasteiger partial charge in [-0.3, -0.25) is 0 Å². The summed E-state index contributed by atoms with van der Waals surface area (Å²) < 4.78 is 0. The molecule has 0 unspecified atom stereocenters. The highest BCUT2D eigenvalue weighted by Crippen LogP contribution is 2.49. The molecule has 182 valence electrons. The Morgan fingerprint density at radius 1 is 0.515 bits per heavy atom. The van der Waals surface area contributed by atoms with Crippen LogP contribution in [0.5, 0.6) is 11.5 Å². The van der Waals surface area contributed by atoms with Crippen LogP contribution in [-0.4, -0.2) is 10.2 Å². The zero-order valence-electron chi connectivity index (χ0n) is 22.3. The number of hydrogen-bond acceptors (Lipinski definition) is 2. The van der Waals surface area contributed by atoms with Crippen molar-refractivity contribution in [3.8, 4) is 11.5 Å². The van der Waals surface area contributed by atoms with Crippen molar-refractivity contribution in [2.24, 2.45) is 0 Å². The van der Waals surface area contributed by atoms with Gasteiger partial charge in [-0.25, -0.2) is 0 Å². The third-order valence-corrected chi connectivity index (χ3v) is 7.89. The van der Waals surface area contributed by atoms with Crippen LogP contribution < -0.4 is 0 Å². The summed E-state index contributed by atoms with van der Waals surface area (Å²) in [5, 5.41) is 22.2. The van der Waals surface area contributed by atoms with Crippen molar-refractivity contribution in [3.63, 3.8) is 0 Å². The molecule has 0 spiro atoms. The first kappa shape index (κ1) is 25.7. The molecule has 2 aromatic rings. The maximum atomic E-state index is 11.1. The molecular formula is C31H46O2. The second-order valence-corrected chi connectivity index (χ2v) is 11.6. The summed E-state index contributed by atoms with van der Waals surface area (Å²) in [5.41, 5.74) is 6.87. The van der Waals surface area contributed by atoms with Gasteiger partial charge in [0.2, 0.25) is 0 Å². The van der Waals surface area contributed by atoms with Gasteiger partial charge in [0.15, 0.2) is 0 Å². The Morgan fingerprint density at radius 2 is 0.788 bits per heavy atom. The summed E-state index contributed by atoms with van der Waals surface area (Å²) in [5.74, 6) is 2.02. The van der Waals surface area contributed by atoms with Crippen molar-refractivity contribution in [3.05, 3.63) is 57.6 Å². The molecule has 0 aromatic heterocycles. The van der Waals surface area contributed by atoms with E-state index in [0.29, 0.717) is 11.5 Å². The van der Waals surface area contributed by atoms with Gasteiger partial charge >= 0.3 is 0 Å². The summed E-state index contributed by atoms with van der Waals surface area (Å²) in [7, 11) is 0. The minimum atomic E-state index is -0.0849. The van der Waals surface area contributed by atoms with Gasteiger partial charge in [-0.05, 0) is 69.9 Å². The summed E-state index contributed by atoms with van der Waals surface area (Å²) in [6.07, 6.45) is 7.22. The molecule has 33 heavy (non-hydrogen) atoms. The van der Waals surface area contributed by atoms with E-state index < -0.39 is 0 Å². The van der Waals surface area contributed by atoms with Crippen LogP contribution in [0.4, 0.5) is 0 Å². The molecule has 0 atom stereocenters. The molecule has 2 nitrogen and oxygen atoms in total. The van der Waals surface area contributed by atoms with Crippen molar-refractivity contribution in [1.29, 1.82) is 0 Å². The molecule has 2 aromatic carbocycles. The van der Waals surface area contributed by atoms with E-state index in [-0.39, 0.29) is 29.1 Å². The van der Waals surface area contributed by atoms with Crippen LogP contribution in [0.1, 0.15) is 151 Å². The fraction of sp³-hybridized carbons (Fsp3) is 0.613. The summed E-state index contributed by atoms with van der Waals surface area (Å²) in [6, 6.07) is 9.20. The Labute approximate surface area is 202 Å². The summed E-state index contributed by atoms with van der Waals surface area (Å²) in [4.78, 5) is 0. The van der Waals surface area contributed by atoms with Gasteiger partial charge < -0.3 is 10.2 Å². The highest BCUT2D eigenvalue weighted by Gasteiger charge is 2.37.